The van der Waals surface area contributed by atoms with Gasteiger partial charge in [-0.15, -0.1) is 0 Å². The molecule has 4 rings (SSSR count). The number of nitrogens with zero attached hydrogens (tertiary/aromatic N) is 4. The molecule has 1 fully saturated rings. The van der Waals surface area contributed by atoms with E-state index in [2.05, 4.69) is 25.1 Å². The van der Waals surface area contributed by atoms with Gasteiger partial charge in [0.25, 0.3) is 5.91 Å². The smallest absolute Gasteiger partial charge is 0.260 e. The molecule has 1 aliphatic rings. The fourth-order valence-corrected chi connectivity index (χ4v) is 3.54. The standard InChI is InChI=1S/C21H21ClN6O/c22-17-8-4-5-9-18(17)27-10-12-28(13-11-27)21-24-14-16(19(23)26-21)20(29)25-15-6-2-1-3-7-15/h1-9,14H,10-13H2,(H,25,29)(H2,23,24,26). The Morgan fingerprint density at radius 3 is 2.31 bits per heavy atom. The van der Waals surface area contributed by atoms with E-state index in [0.717, 1.165) is 36.9 Å². The molecule has 0 radical (unpaired) electrons. The van der Waals surface area contributed by atoms with Crippen molar-refractivity contribution in [3.8, 4) is 0 Å². The van der Waals surface area contributed by atoms with E-state index in [1.54, 1.807) is 0 Å². The lowest BCUT2D eigenvalue weighted by atomic mass is 10.2. The highest BCUT2D eigenvalue weighted by Gasteiger charge is 2.22. The molecular formula is C21H21ClN6O. The van der Waals surface area contributed by atoms with Gasteiger partial charge in [-0.25, -0.2) is 4.98 Å². The average Bonchev–Trinajstić information content (AvgIpc) is 2.75. The van der Waals surface area contributed by atoms with Gasteiger partial charge in [0.1, 0.15) is 11.4 Å². The maximum Gasteiger partial charge on any atom is 0.260 e. The number of benzene rings is 2. The Kier molecular flexibility index (Phi) is 5.48. The number of hydrogen-bond acceptors (Lipinski definition) is 6. The number of para-hydroxylation sites is 2. The molecule has 1 aliphatic heterocycles. The van der Waals surface area contributed by atoms with Crippen molar-refractivity contribution in [3.05, 3.63) is 71.4 Å². The lowest BCUT2D eigenvalue weighted by Crippen LogP contribution is -2.47. The van der Waals surface area contributed by atoms with Gasteiger partial charge in [-0.05, 0) is 24.3 Å². The number of halogens is 1. The molecule has 1 aromatic heterocycles. The molecule has 1 amide bonds. The quantitative estimate of drug-likeness (QED) is 0.688. The van der Waals surface area contributed by atoms with Crippen LogP contribution in [0.4, 0.5) is 23.1 Å². The Morgan fingerprint density at radius 2 is 1.62 bits per heavy atom. The van der Waals surface area contributed by atoms with E-state index in [4.69, 9.17) is 17.3 Å². The van der Waals surface area contributed by atoms with Crippen molar-refractivity contribution < 1.29 is 4.79 Å². The van der Waals surface area contributed by atoms with Gasteiger partial charge in [-0.1, -0.05) is 41.9 Å². The van der Waals surface area contributed by atoms with Crippen molar-refractivity contribution in [1.29, 1.82) is 0 Å². The highest BCUT2D eigenvalue weighted by atomic mass is 35.5. The molecule has 0 saturated carbocycles. The third kappa shape index (κ3) is 4.25. The second-order valence-electron chi connectivity index (χ2n) is 6.71. The summed E-state index contributed by atoms with van der Waals surface area (Å²) in [6.45, 7) is 3.06. The van der Waals surface area contributed by atoms with Crippen LogP contribution in [0.2, 0.25) is 5.02 Å². The summed E-state index contributed by atoms with van der Waals surface area (Å²) in [4.78, 5) is 25.5. The number of nitrogens with two attached hydrogens (primary N) is 1. The monoisotopic (exact) mass is 408 g/mol. The summed E-state index contributed by atoms with van der Waals surface area (Å²) < 4.78 is 0. The molecule has 0 unspecified atom stereocenters. The first-order valence-corrected chi connectivity index (χ1v) is 9.73. The van der Waals surface area contributed by atoms with Crippen LogP contribution in [0, 0.1) is 0 Å². The highest BCUT2D eigenvalue weighted by Crippen LogP contribution is 2.27. The number of anilines is 4. The molecule has 7 nitrogen and oxygen atoms in total. The average molecular weight is 409 g/mol. The molecule has 1 saturated heterocycles. The van der Waals surface area contributed by atoms with Crippen LogP contribution in [0.3, 0.4) is 0 Å². The van der Waals surface area contributed by atoms with Crippen LogP contribution in [0.1, 0.15) is 10.4 Å². The number of carbonyl (C=O) groups excluding carboxylic acids is 1. The van der Waals surface area contributed by atoms with E-state index in [1.807, 2.05) is 54.6 Å². The zero-order valence-corrected chi connectivity index (χ0v) is 16.5. The van der Waals surface area contributed by atoms with Gasteiger partial charge in [-0.2, -0.15) is 4.98 Å². The number of nitrogen functional groups attached to an aromatic ring is 1. The summed E-state index contributed by atoms with van der Waals surface area (Å²) in [5.41, 5.74) is 8.03. The van der Waals surface area contributed by atoms with Crippen LogP contribution >= 0.6 is 11.6 Å². The first kappa shape index (κ1) is 19.0. The minimum Gasteiger partial charge on any atom is -0.383 e. The summed E-state index contributed by atoms with van der Waals surface area (Å²) in [7, 11) is 0. The van der Waals surface area contributed by atoms with Gasteiger partial charge >= 0.3 is 0 Å². The van der Waals surface area contributed by atoms with Crippen molar-refractivity contribution in [2.24, 2.45) is 0 Å². The molecule has 2 aromatic carbocycles. The Labute approximate surface area is 174 Å². The van der Waals surface area contributed by atoms with E-state index >= 15 is 0 Å². The van der Waals surface area contributed by atoms with Crippen LogP contribution in [-0.2, 0) is 0 Å². The minimum absolute atomic E-state index is 0.164. The minimum atomic E-state index is -0.330. The van der Waals surface area contributed by atoms with Crippen molar-refractivity contribution in [3.63, 3.8) is 0 Å². The van der Waals surface area contributed by atoms with Crippen LogP contribution in [0.5, 0.6) is 0 Å². The normalized spacial score (nSPS) is 14.0. The van der Waals surface area contributed by atoms with Crippen molar-refractivity contribution in [1.82, 2.24) is 9.97 Å². The van der Waals surface area contributed by atoms with Gasteiger partial charge < -0.3 is 20.9 Å². The van der Waals surface area contributed by atoms with E-state index in [1.165, 1.54) is 6.20 Å². The second-order valence-corrected chi connectivity index (χ2v) is 7.12. The largest absolute Gasteiger partial charge is 0.383 e. The van der Waals surface area contributed by atoms with Crippen molar-refractivity contribution >= 4 is 40.6 Å². The van der Waals surface area contributed by atoms with Crippen LogP contribution in [-0.4, -0.2) is 42.1 Å². The fourth-order valence-electron chi connectivity index (χ4n) is 3.29. The number of amides is 1. The number of carbonyl (C=O) groups is 1. The van der Waals surface area contributed by atoms with Crippen LogP contribution in [0.25, 0.3) is 0 Å². The summed E-state index contributed by atoms with van der Waals surface area (Å²) >= 11 is 6.30. The van der Waals surface area contributed by atoms with Gasteiger partial charge in [0, 0.05) is 38.1 Å². The Hall–Kier alpha value is -3.32. The predicted molar refractivity (Wildman–Crippen MR) is 117 cm³/mol. The Balaban J connectivity index is 1.42. The van der Waals surface area contributed by atoms with E-state index in [9.17, 15) is 4.79 Å². The van der Waals surface area contributed by atoms with Gasteiger partial charge in [0.05, 0.1) is 10.7 Å². The van der Waals surface area contributed by atoms with Crippen molar-refractivity contribution in [2.45, 2.75) is 0 Å². The summed E-state index contributed by atoms with van der Waals surface area (Å²) in [6.07, 6.45) is 1.48. The zero-order valence-electron chi connectivity index (χ0n) is 15.8. The Morgan fingerprint density at radius 1 is 0.966 bits per heavy atom. The van der Waals surface area contributed by atoms with Crippen LogP contribution in [0.15, 0.2) is 60.8 Å². The molecule has 148 valence electrons. The summed E-state index contributed by atoms with van der Waals surface area (Å²) in [6, 6.07) is 17.0. The van der Waals surface area contributed by atoms with E-state index in [-0.39, 0.29) is 17.3 Å². The predicted octanol–water partition coefficient (Wildman–Crippen LogP) is 3.29. The molecule has 29 heavy (non-hydrogen) atoms. The molecule has 0 bridgehead atoms. The van der Waals surface area contributed by atoms with Gasteiger partial charge in [0.15, 0.2) is 0 Å². The van der Waals surface area contributed by atoms with E-state index in [0.29, 0.717) is 11.6 Å². The van der Waals surface area contributed by atoms with Crippen molar-refractivity contribution in [2.75, 3.05) is 47.0 Å². The summed E-state index contributed by atoms with van der Waals surface area (Å²) in [5, 5.41) is 3.54. The molecule has 0 spiro atoms. The molecule has 8 heteroatoms. The molecule has 2 heterocycles. The number of hydrogen-bond donors (Lipinski definition) is 2. The fraction of sp³-hybridized carbons (Fsp3) is 0.190. The highest BCUT2D eigenvalue weighted by molar-refractivity contribution is 6.33. The number of rotatable bonds is 4. The molecular weight excluding hydrogens is 388 g/mol. The van der Waals surface area contributed by atoms with Crippen LogP contribution < -0.4 is 20.9 Å². The molecule has 0 aliphatic carbocycles. The Bertz CT molecular complexity index is 1010. The summed E-state index contributed by atoms with van der Waals surface area (Å²) in [5.74, 6) is 0.360. The third-order valence-corrected chi connectivity index (χ3v) is 5.16. The SMILES string of the molecule is Nc1nc(N2CCN(c3ccccc3Cl)CC2)ncc1C(=O)Nc1ccccc1. The molecule has 3 aromatic rings. The number of piperazine rings is 1. The maximum absolute atomic E-state index is 12.5. The molecule has 3 N–H and O–H groups in total. The third-order valence-electron chi connectivity index (χ3n) is 4.84. The topological polar surface area (TPSA) is 87.4 Å². The van der Waals surface area contributed by atoms with E-state index < -0.39 is 0 Å². The lowest BCUT2D eigenvalue weighted by Gasteiger charge is -2.36. The zero-order chi connectivity index (χ0) is 20.2. The first-order valence-electron chi connectivity index (χ1n) is 9.35. The number of nitrogens with one attached hydrogen (secondary N) is 1. The first-order chi connectivity index (χ1) is 14.1. The van der Waals surface area contributed by atoms with Gasteiger partial charge in [0.2, 0.25) is 5.95 Å². The van der Waals surface area contributed by atoms with Gasteiger partial charge in [-0.3, -0.25) is 4.79 Å². The molecule has 0 atom stereocenters. The maximum atomic E-state index is 12.5. The lowest BCUT2D eigenvalue weighted by molar-refractivity contribution is 0.102. The number of aromatic nitrogens is 2. The second kappa shape index (κ2) is 8.36.